The van der Waals surface area contributed by atoms with Crippen molar-refractivity contribution in [1.29, 1.82) is 0 Å². The van der Waals surface area contributed by atoms with Crippen LogP contribution in [0.25, 0.3) is 0 Å². The zero-order valence-corrected chi connectivity index (χ0v) is 16.7. The minimum absolute atomic E-state index is 0.118. The molecule has 1 fully saturated rings. The van der Waals surface area contributed by atoms with Crippen LogP contribution in [-0.2, 0) is 9.59 Å². The van der Waals surface area contributed by atoms with E-state index in [1.807, 2.05) is 0 Å². The molecule has 0 spiro atoms. The van der Waals surface area contributed by atoms with Crippen LogP contribution in [-0.4, -0.2) is 25.0 Å². The second-order valence-corrected chi connectivity index (χ2v) is 7.04. The van der Waals surface area contributed by atoms with Crippen LogP contribution in [0.1, 0.15) is 12.8 Å². The molecule has 1 N–H and O–H groups in total. The van der Waals surface area contributed by atoms with E-state index in [-0.39, 0.29) is 18.4 Å². The predicted octanol–water partition coefficient (Wildman–Crippen LogP) is 4.76. The minimum Gasteiger partial charge on any atom is -0.484 e. The van der Waals surface area contributed by atoms with E-state index >= 15 is 0 Å². The van der Waals surface area contributed by atoms with Gasteiger partial charge in [0.2, 0.25) is 5.91 Å². The molecule has 3 aromatic rings. The number of anilines is 2. The van der Waals surface area contributed by atoms with Crippen LogP contribution >= 0.6 is 0 Å². The quantitative estimate of drug-likeness (QED) is 0.598. The smallest absolute Gasteiger partial charge is 0.262 e. The fourth-order valence-electron chi connectivity index (χ4n) is 3.29. The van der Waals surface area contributed by atoms with E-state index in [1.165, 1.54) is 12.1 Å². The minimum atomic E-state index is -0.410. The molecule has 2 amide bonds. The maximum atomic E-state index is 13.4. The normalized spacial score (nSPS) is 13.2. The van der Waals surface area contributed by atoms with Crippen LogP contribution in [0.2, 0.25) is 0 Å². The third-order valence-corrected chi connectivity index (χ3v) is 4.78. The molecule has 3 aromatic carbocycles. The first-order valence-electron chi connectivity index (χ1n) is 9.94. The van der Waals surface area contributed by atoms with E-state index < -0.39 is 5.82 Å². The van der Waals surface area contributed by atoms with Gasteiger partial charge in [0, 0.05) is 24.7 Å². The number of amides is 2. The van der Waals surface area contributed by atoms with Crippen molar-refractivity contribution in [2.45, 2.75) is 12.8 Å². The first-order valence-corrected chi connectivity index (χ1v) is 9.94. The lowest BCUT2D eigenvalue weighted by molar-refractivity contribution is -0.118. The zero-order chi connectivity index (χ0) is 21.6. The number of carbonyl (C=O) groups excluding carboxylic acids is 2. The molecule has 0 aromatic heterocycles. The summed E-state index contributed by atoms with van der Waals surface area (Å²) in [6, 6.07) is 19.7. The molecule has 7 heteroatoms. The molecule has 1 aliphatic heterocycles. The first-order chi connectivity index (χ1) is 15.1. The third kappa shape index (κ3) is 5.19. The topological polar surface area (TPSA) is 67.9 Å². The summed E-state index contributed by atoms with van der Waals surface area (Å²) in [6.07, 6.45) is 1.44. The monoisotopic (exact) mass is 420 g/mol. The summed E-state index contributed by atoms with van der Waals surface area (Å²) >= 11 is 0. The Labute approximate surface area is 179 Å². The van der Waals surface area contributed by atoms with Crippen LogP contribution in [0.15, 0.2) is 72.8 Å². The number of hydrogen-bond acceptors (Lipinski definition) is 4. The van der Waals surface area contributed by atoms with Gasteiger partial charge in [-0.2, -0.15) is 0 Å². The van der Waals surface area contributed by atoms with Crippen molar-refractivity contribution in [1.82, 2.24) is 0 Å². The fraction of sp³-hybridized carbons (Fsp3) is 0.167. The Morgan fingerprint density at radius 1 is 1.00 bits per heavy atom. The summed E-state index contributed by atoms with van der Waals surface area (Å²) in [5.74, 6) is 0.583. The largest absolute Gasteiger partial charge is 0.484 e. The number of benzene rings is 3. The first kappa shape index (κ1) is 20.4. The second-order valence-electron chi connectivity index (χ2n) is 7.04. The highest BCUT2D eigenvalue weighted by Crippen LogP contribution is 2.29. The van der Waals surface area contributed by atoms with E-state index in [0.29, 0.717) is 29.4 Å². The van der Waals surface area contributed by atoms with Crippen molar-refractivity contribution in [3.63, 3.8) is 0 Å². The molecule has 0 atom stereocenters. The van der Waals surface area contributed by atoms with Gasteiger partial charge >= 0.3 is 0 Å². The maximum Gasteiger partial charge on any atom is 0.262 e. The molecule has 1 heterocycles. The van der Waals surface area contributed by atoms with E-state index in [0.717, 1.165) is 18.7 Å². The van der Waals surface area contributed by atoms with Crippen LogP contribution < -0.4 is 19.7 Å². The van der Waals surface area contributed by atoms with Gasteiger partial charge in [0.25, 0.3) is 5.91 Å². The van der Waals surface area contributed by atoms with Crippen LogP contribution in [0.3, 0.4) is 0 Å². The standard InChI is InChI=1S/C24H21FN2O4/c25-17-5-3-6-20(15-17)31-22-8-2-1-7-21(22)26-23(28)16-30-19-12-10-18(11-13-19)27-14-4-9-24(27)29/h1-3,5-8,10-13,15H,4,9,14,16H2,(H,26,28). The Bertz CT molecular complexity index is 1080. The highest BCUT2D eigenvalue weighted by Gasteiger charge is 2.21. The van der Waals surface area contributed by atoms with Gasteiger partial charge in [-0.05, 0) is 55.0 Å². The number of rotatable bonds is 7. The highest BCUT2D eigenvalue weighted by molar-refractivity contribution is 5.95. The van der Waals surface area contributed by atoms with Gasteiger partial charge in [-0.15, -0.1) is 0 Å². The predicted molar refractivity (Wildman–Crippen MR) is 115 cm³/mol. The summed E-state index contributed by atoms with van der Waals surface area (Å²) in [5.41, 5.74) is 1.27. The molecule has 0 unspecified atom stereocenters. The Balaban J connectivity index is 1.34. The molecule has 0 aliphatic carbocycles. The number of hydrogen-bond donors (Lipinski definition) is 1. The highest BCUT2D eigenvalue weighted by atomic mass is 19.1. The van der Waals surface area contributed by atoms with Crippen molar-refractivity contribution in [2.24, 2.45) is 0 Å². The lowest BCUT2D eigenvalue weighted by Gasteiger charge is -2.16. The van der Waals surface area contributed by atoms with Crippen molar-refractivity contribution >= 4 is 23.2 Å². The molecular weight excluding hydrogens is 399 g/mol. The van der Waals surface area contributed by atoms with E-state index in [1.54, 1.807) is 65.6 Å². The molecule has 0 radical (unpaired) electrons. The van der Waals surface area contributed by atoms with Gasteiger partial charge in [-0.3, -0.25) is 9.59 Å². The van der Waals surface area contributed by atoms with Gasteiger partial charge in [-0.1, -0.05) is 18.2 Å². The SMILES string of the molecule is O=C(COc1ccc(N2CCCC2=O)cc1)Nc1ccccc1Oc1cccc(F)c1. The summed E-state index contributed by atoms with van der Waals surface area (Å²) in [7, 11) is 0. The summed E-state index contributed by atoms with van der Waals surface area (Å²) in [4.78, 5) is 25.9. The molecule has 1 saturated heterocycles. The van der Waals surface area contributed by atoms with Gasteiger partial charge in [-0.25, -0.2) is 4.39 Å². The Hall–Kier alpha value is -3.87. The fourth-order valence-corrected chi connectivity index (χ4v) is 3.29. The maximum absolute atomic E-state index is 13.4. The molecule has 31 heavy (non-hydrogen) atoms. The second kappa shape index (κ2) is 9.30. The van der Waals surface area contributed by atoms with Gasteiger partial charge in [0.1, 0.15) is 17.3 Å². The molecule has 158 valence electrons. The van der Waals surface area contributed by atoms with Crippen molar-refractivity contribution in [3.8, 4) is 17.2 Å². The van der Waals surface area contributed by atoms with Crippen LogP contribution in [0.5, 0.6) is 17.2 Å². The number of nitrogens with one attached hydrogen (secondary N) is 1. The van der Waals surface area contributed by atoms with Gasteiger partial charge in [0.15, 0.2) is 12.4 Å². The molecular formula is C24H21FN2O4. The number of carbonyl (C=O) groups is 2. The number of ether oxygens (including phenoxy) is 2. The van der Waals surface area contributed by atoms with Crippen molar-refractivity contribution in [2.75, 3.05) is 23.4 Å². The van der Waals surface area contributed by atoms with E-state index in [9.17, 15) is 14.0 Å². The number of halogens is 1. The summed E-state index contributed by atoms with van der Waals surface area (Å²) < 4.78 is 24.6. The molecule has 0 saturated carbocycles. The molecule has 6 nitrogen and oxygen atoms in total. The molecule has 0 bridgehead atoms. The number of para-hydroxylation sites is 2. The van der Waals surface area contributed by atoms with Crippen molar-refractivity contribution in [3.05, 3.63) is 78.6 Å². The molecule has 1 aliphatic rings. The Morgan fingerprint density at radius 2 is 1.81 bits per heavy atom. The number of nitrogens with zero attached hydrogens (tertiary/aromatic N) is 1. The summed E-state index contributed by atoms with van der Waals surface area (Å²) in [5, 5.41) is 2.74. The third-order valence-electron chi connectivity index (χ3n) is 4.78. The van der Waals surface area contributed by atoms with Gasteiger partial charge in [0.05, 0.1) is 5.69 Å². The lowest BCUT2D eigenvalue weighted by atomic mass is 10.2. The Kier molecular flexibility index (Phi) is 6.12. The zero-order valence-electron chi connectivity index (χ0n) is 16.7. The van der Waals surface area contributed by atoms with Crippen LogP contribution in [0, 0.1) is 5.82 Å². The van der Waals surface area contributed by atoms with E-state index in [2.05, 4.69) is 5.32 Å². The van der Waals surface area contributed by atoms with Gasteiger partial charge < -0.3 is 19.7 Å². The summed E-state index contributed by atoms with van der Waals surface area (Å²) in [6.45, 7) is 0.523. The van der Waals surface area contributed by atoms with Crippen LogP contribution in [0.4, 0.5) is 15.8 Å². The van der Waals surface area contributed by atoms with E-state index in [4.69, 9.17) is 9.47 Å². The lowest BCUT2D eigenvalue weighted by Crippen LogP contribution is -2.23. The molecule has 4 rings (SSSR count). The average molecular weight is 420 g/mol. The average Bonchev–Trinajstić information content (AvgIpc) is 3.20. The Morgan fingerprint density at radius 3 is 2.55 bits per heavy atom. The van der Waals surface area contributed by atoms with Crippen molar-refractivity contribution < 1.29 is 23.5 Å².